The lowest BCUT2D eigenvalue weighted by Crippen LogP contribution is -2.45. The number of ether oxygens (including phenoxy) is 1. The van der Waals surface area contributed by atoms with Crippen molar-refractivity contribution in [3.05, 3.63) is 29.8 Å². The van der Waals surface area contributed by atoms with E-state index in [2.05, 4.69) is 10.6 Å². The number of benzene rings is 1. The van der Waals surface area contributed by atoms with E-state index in [-0.39, 0.29) is 5.91 Å². The van der Waals surface area contributed by atoms with E-state index in [1.54, 1.807) is 0 Å². The van der Waals surface area contributed by atoms with Crippen molar-refractivity contribution in [1.29, 1.82) is 0 Å². The van der Waals surface area contributed by atoms with E-state index in [9.17, 15) is 4.79 Å². The molecule has 0 aromatic heterocycles. The molecule has 1 fully saturated rings. The molecule has 0 unspecified atom stereocenters. The first-order valence-corrected chi connectivity index (χ1v) is 6.89. The Labute approximate surface area is 114 Å². The maximum absolute atomic E-state index is 10.9. The van der Waals surface area contributed by atoms with Crippen LogP contribution in [0.15, 0.2) is 24.3 Å². The number of hydrogen-bond acceptors (Lipinski definition) is 3. The fraction of sp³-hybridized carbons (Fsp3) is 0.533. The molecule has 0 atom stereocenters. The summed E-state index contributed by atoms with van der Waals surface area (Å²) in [6, 6.07) is 8.52. The van der Waals surface area contributed by atoms with E-state index < -0.39 is 0 Å². The summed E-state index contributed by atoms with van der Waals surface area (Å²) in [6.45, 7) is 5.23. The van der Waals surface area contributed by atoms with Gasteiger partial charge in [0.25, 0.3) is 0 Å². The van der Waals surface area contributed by atoms with Crippen LogP contribution in [0.25, 0.3) is 0 Å². The van der Waals surface area contributed by atoms with Crippen molar-refractivity contribution in [2.75, 3.05) is 11.9 Å². The molecule has 2 N–H and O–H groups in total. The van der Waals surface area contributed by atoms with Crippen LogP contribution in [0.1, 0.15) is 32.3 Å². The first-order valence-electron chi connectivity index (χ1n) is 6.89. The second-order valence-electron chi connectivity index (χ2n) is 5.00. The zero-order chi connectivity index (χ0) is 13.7. The fourth-order valence-electron chi connectivity index (χ4n) is 2.28. The number of carbonyl (C=O) groups is 1. The molecular weight excluding hydrogens is 240 g/mol. The van der Waals surface area contributed by atoms with Crippen LogP contribution in [0.2, 0.25) is 0 Å². The third kappa shape index (κ3) is 4.33. The molecule has 0 saturated heterocycles. The number of hydrogen-bond donors (Lipinski definition) is 2. The first kappa shape index (κ1) is 14.0. The van der Waals surface area contributed by atoms with Gasteiger partial charge in [0.2, 0.25) is 5.91 Å². The van der Waals surface area contributed by atoms with Crippen molar-refractivity contribution in [3.63, 3.8) is 0 Å². The first-order chi connectivity index (χ1) is 9.17. The summed E-state index contributed by atoms with van der Waals surface area (Å²) in [6.07, 6.45) is 2.67. The van der Waals surface area contributed by atoms with Crippen LogP contribution in [0.5, 0.6) is 0 Å². The number of amides is 1. The average molecular weight is 262 g/mol. The highest BCUT2D eigenvalue weighted by Crippen LogP contribution is 2.23. The van der Waals surface area contributed by atoms with Gasteiger partial charge in [0.1, 0.15) is 0 Å². The lowest BCUT2D eigenvalue weighted by molar-refractivity contribution is -0.114. The maximum atomic E-state index is 10.9. The van der Waals surface area contributed by atoms with Crippen LogP contribution < -0.4 is 10.6 Å². The summed E-state index contributed by atoms with van der Waals surface area (Å²) in [5, 5.41) is 6.28. The zero-order valence-electron chi connectivity index (χ0n) is 11.6. The smallest absolute Gasteiger partial charge is 0.221 e. The Kier molecular flexibility index (Phi) is 4.93. The Balaban J connectivity index is 1.70. The predicted molar refractivity (Wildman–Crippen MR) is 76.0 cm³/mol. The molecule has 1 saturated carbocycles. The molecule has 2 rings (SSSR count). The average Bonchev–Trinajstić information content (AvgIpc) is 2.33. The van der Waals surface area contributed by atoms with Gasteiger partial charge < -0.3 is 15.4 Å². The molecular formula is C15H22N2O2. The zero-order valence-corrected chi connectivity index (χ0v) is 11.6. The maximum Gasteiger partial charge on any atom is 0.221 e. The van der Waals surface area contributed by atoms with Gasteiger partial charge in [-0.2, -0.15) is 0 Å². The molecule has 4 nitrogen and oxygen atoms in total. The Morgan fingerprint density at radius 3 is 2.58 bits per heavy atom. The van der Waals surface area contributed by atoms with Gasteiger partial charge in [-0.3, -0.25) is 4.79 Å². The molecule has 1 aliphatic carbocycles. The highest BCUT2D eigenvalue weighted by atomic mass is 16.5. The highest BCUT2D eigenvalue weighted by Gasteiger charge is 2.28. The van der Waals surface area contributed by atoms with Crippen molar-refractivity contribution in [1.82, 2.24) is 5.32 Å². The van der Waals surface area contributed by atoms with Gasteiger partial charge in [-0.1, -0.05) is 12.1 Å². The largest absolute Gasteiger partial charge is 0.378 e. The summed E-state index contributed by atoms with van der Waals surface area (Å²) in [5.41, 5.74) is 2.07. The highest BCUT2D eigenvalue weighted by molar-refractivity contribution is 5.88. The molecule has 1 amide bonds. The van der Waals surface area contributed by atoms with Gasteiger partial charge in [0, 0.05) is 31.8 Å². The molecule has 1 aromatic rings. The Bertz CT molecular complexity index is 411. The molecule has 0 aliphatic heterocycles. The van der Waals surface area contributed by atoms with Crippen LogP contribution in [0, 0.1) is 0 Å². The second kappa shape index (κ2) is 6.68. The fourth-order valence-corrected chi connectivity index (χ4v) is 2.28. The minimum atomic E-state index is -0.0395. The molecule has 0 heterocycles. The van der Waals surface area contributed by atoms with E-state index in [1.807, 2.05) is 31.2 Å². The van der Waals surface area contributed by atoms with Gasteiger partial charge in [-0.15, -0.1) is 0 Å². The molecule has 104 valence electrons. The molecule has 0 bridgehead atoms. The topological polar surface area (TPSA) is 50.4 Å². The van der Waals surface area contributed by atoms with Gasteiger partial charge in [-0.25, -0.2) is 0 Å². The molecule has 1 aliphatic rings. The van der Waals surface area contributed by atoms with Crippen molar-refractivity contribution in [2.45, 2.75) is 45.4 Å². The van der Waals surface area contributed by atoms with Gasteiger partial charge in [0.15, 0.2) is 0 Å². The number of rotatable bonds is 6. The molecule has 1 aromatic carbocycles. The second-order valence-corrected chi connectivity index (χ2v) is 5.00. The standard InChI is InChI=1S/C15H22N2O2/c1-3-19-15-8-14(9-15)16-10-12-4-6-13(7-5-12)17-11(2)18/h4-7,14-16H,3,8-10H2,1-2H3,(H,17,18). The van der Waals surface area contributed by atoms with E-state index in [1.165, 1.54) is 12.5 Å². The van der Waals surface area contributed by atoms with E-state index in [4.69, 9.17) is 4.74 Å². The quantitative estimate of drug-likeness (QED) is 0.827. The van der Waals surface area contributed by atoms with Crippen LogP contribution >= 0.6 is 0 Å². The third-order valence-corrected chi connectivity index (χ3v) is 3.37. The van der Waals surface area contributed by atoms with Crippen molar-refractivity contribution in [2.24, 2.45) is 0 Å². The van der Waals surface area contributed by atoms with Crippen molar-refractivity contribution >= 4 is 11.6 Å². The van der Waals surface area contributed by atoms with Crippen molar-refractivity contribution < 1.29 is 9.53 Å². The minimum absolute atomic E-state index is 0.0395. The molecule has 19 heavy (non-hydrogen) atoms. The van der Waals surface area contributed by atoms with Crippen LogP contribution in [-0.2, 0) is 16.1 Å². The SMILES string of the molecule is CCOC1CC(NCc2ccc(NC(C)=O)cc2)C1. The van der Waals surface area contributed by atoms with Crippen LogP contribution in [0.4, 0.5) is 5.69 Å². The van der Waals surface area contributed by atoms with E-state index >= 15 is 0 Å². The lowest BCUT2D eigenvalue weighted by Gasteiger charge is -2.35. The number of carbonyl (C=O) groups excluding carboxylic acids is 1. The predicted octanol–water partition coefficient (Wildman–Crippen LogP) is 2.30. The minimum Gasteiger partial charge on any atom is -0.378 e. The monoisotopic (exact) mass is 262 g/mol. The number of anilines is 1. The van der Waals surface area contributed by atoms with Gasteiger partial charge in [-0.05, 0) is 37.5 Å². The third-order valence-electron chi connectivity index (χ3n) is 3.37. The Hall–Kier alpha value is -1.39. The summed E-state index contributed by atoms with van der Waals surface area (Å²) in [7, 11) is 0. The van der Waals surface area contributed by atoms with Crippen LogP contribution in [0.3, 0.4) is 0 Å². The van der Waals surface area contributed by atoms with Gasteiger partial charge >= 0.3 is 0 Å². The Morgan fingerprint density at radius 1 is 1.32 bits per heavy atom. The van der Waals surface area contributed by atoms with Gasteiger partial charge in [0.05, 0.1) is 6.10 Å². The molecule has 0 radical (unpaired) electrons. The van der Waals surface area contributed by atoms with E-state index in [0.29, 0.717) is 12.1 Å². The summed E-state index contributed by atoms with van der Waals surface area (Å²) >= 11 is 0. The molecule has 4 heteroatoms. The van der Waals surface area contributed by atoms with Crippen LogP contribution in [-0.4, -0.2) is 24.7 Å². The lowest BCUT2D eigenvalue weighted by atomic mass is 9.89. The number of nitrogens with one attached hydrogen (secondary N) is 2. The summed E-state index contributed by atoms with van der Waals surface area (Å²) in [4.78, 5) is 10.9. The Morgan fingerprint density at radius 2 is 2.00 bits per heavy atom. The summed E-state index contributed by atoms with van der Waals surface area (Å²) in [5.74, 6) is -0.0395. The summed E-state index contributed by atoms with van der Waals surface area (Å²) < 4.78 is 5.53. The van der Waals surface area contributed by atoms with Crippen molar-refractivity contribution in [3.8, 4) is 0 Å². The normalized spacial score (nSPS) is 21.8. The molecule has 0 spiro atoms. The van der Waals surface area contributed by atoms with E-state index in [0.717, 1.165) is 31.7 Å².